The highest BCUT2D eigenvalue weighted by atomic mass is 31.1. The lowest BCUT2D eigenvalue weighted by Crippen LogP contribution is -2.21. The van der Waals surface area contributed by atoms with Crippen LogP contribution < -0.4 is 14.8 Å². The zero-order valence-corrected chi connectivity index (χ0v) is 31.0. The van der Waals surface area contributed by atoms with E-state index in [2.05, 4.69) is 199 Å². The van der Waals surface area contributed by atoms with Gasteiger partial charge in [0.05, 0.1) is 0 Å². The number of fused-ring (bicyclic) bond motifs is 6. The zero-order valence-electron chi connectivity index (χ0n) is 29.2. The Labute approximate surface area is 306 Å². The molecule has 2 aliphatic carbocycles. The molecule has 1 aliphatic heterocycles. The van der Waals surface area contributed by atoms with Crippen molar-refractivity contribution in [1.82, 2.24) is 4.58 Å². The second-order valence-electron chi connectivity index (χ2n) is 13.7. The van der Waals surface area contributed by atoms with Gasteiger partial charge in [-0.3, -0.25) is 0 Å². The quantitative estimate of drug-likeness (QED) is 0.128. The average molecular weight is 704 g/mol. The molecule has 1 aromatic heterocycles. The molecule has 0 N–H and O–H groups in total. The maximum Gasteiger partial charge on any atom is 0.212 e. The van der Waals surface area contributed by atoms with Crippen LogP contribution in [0.5, 0.6) is 0 Å². The summed E-state index contributed by atoms with van der Waals surface area (Å²) in [7, 11) is -1.09. The lowest BCUT2D eigenvalue weighted by Gasteiger charge is -2.25. The Kier molecular flexibility index (Phi) is 7.50. The Morgan fingerprint density at radius 3 is 1.77 bits per heavy atom. The minimum absolute atomic E-state index is 0.543. The number of nitrogens with zero attached hydrogens (tertiary/aromatic N) is 2. The third-order valence-electron chi connectivity index (χ3n) is 10.8. The molecule has 0 saturated heterocycles. The van der Waals surface area contributed by atoms with Gasteiger partial charge in [0, 0.05) is 74.3 Å². The molecule has 4 heteroatoms. The lowest BCUT2D eigenvalue weighted by molar-refractivity contribution is 0.978. The Morgan fingerprint density at radius 1 is 0.519 bits per heavy atom. The van der Waals surface area contributed by atoms with E-state index in [9.17, 15) is 0 Å². The van der Waals surface area contributed by atoms with E-state index >= 15 is 0 Å². The monoisotopic (exact) mass is 703 g/mol. The third kappa shape index (κ3) is 4.91. The minimum Gasteiger partial charge on any atom is -0.310 e. The van der Waals surface area contributed by atoms with Gasteiger partial charge in [0.15, 0.2) is 0 Å². The molecule has 52 heavy (non-hydrogen) atoms. The summed E-state index contributed by atoms with van der Waals surface area (Å²) < 4.78 is 2.39. The maximum absolute atomic E-state index is 2.58. The van der Waals surface area contributed by atoms with E-state index in [1.54, 1.807) is 0 Å². The second-order valence-corrected chi connectivity index (χ2v) is 17.9. The van der Waals surface area contributed by atoms with Crippen molar-refractivity contribution in [2.24, 2.45) is 13.3 Å². The van der Waals surface area contributed by atoms with Crippen LogP contribution in [-0.2, 0) is 19.8 Å². The lowest BCUT2D eigenvalue weighted by atomic mass is 9.91. The first-order chi connectivity index (χ1) is 25.7. The Morgan fingerprint density at radius 2 is 1.13 bits per heavy atom. The van der Waals surface area contributed by atoms with Crippen molar-refractivity contribution >= 4 is 81.4 Å². The molecule has 10 rings (SSSR count). The Balaban J connectivity index is 1.24. The van der Waals surface area contributed by atoms with Crippen molar-refractivity contribution in [3.63, 3.8) is 0 Å². The van der Waals surface area contributed by atoms with Gasteiger partial charge in [-0.2, -0.15) is 4.58 Å². The van der Waals surface area contributed by atoms with Gasteiger partial charge in [0.2, 0.25) is 16.7 Å². The van der Waals surface area contributed by atoms with Crippen LogP contribution in [0.1, 0.15) is 10.9 Å². The van der Waals surface area contributed by atoms with Crippen molar-refractivity contribution in [3.8, 4) is 10.9 Å². The topological polar surface area (TPSA) is 6.25 Å². The number of benzene rings is 7. The van der Waals surface area contributed by atoms with Crippen molar-refractivity contribution < 1.29 is 0 Å². The molecule has 3 aliphatic rings. The average Bonchev–Trinajstić information content (AvgIpc) is 3.49. The van der Waals surface area contributed by atoms with Crippen molar-refractivity contribution in [1.29, 1.82) is 0 Å². The summed E-state index contributed by atoms with van der Waals surface area (Å²) in [6, 6.07) is 60.0. The number of hydrogen-bond donors (Lipinski definition) is 0. The highest BCUT2D eigenvalue weighted by Crippen LogP contribution is 2.57. The van der Waals surface area contributed by atoms with Crippen molar-refractivity contribution in [2.45, 2.75) is 6.42 Å². The van der Waals surface area contributed by atoms with E-state index in [1.807, 2.05) is 0 Å². The molecular weight excluding hydrogens is 666 g/mol. The molecule has 0 radical (unpaired) electrons. The molecule has 0 fully saturated rings. The molecule has 2 nitrogen and oxygen atoms in total. The fourth-order valence-corrected chi connectivity index (χ4v) is 12.5. The van der Waals surface area contributed by atoms with Gasteiger partial charge in [-0.05, 0) is 101 Å². The Hall–Kier alpha value is -5.65. The molecule has 0 spiro atoms. The zero-order chi connectivity index (χ0) is 34.8. The molecule has 2 heterocycles. The highest BCUT2D eigenvalue weighted by Gasteiger charge is 2.25. The number of aryl methyl sites for hydroxylation is 1. The van der Waals surface area contributed by atoms with Crippen LogP contribution in [0.4, 0.5) is 28.4 Å². The second kappa shape index (κ2) is 12.5. The fourth-order valence-electron chi connectivity index (χ4n) is 8.42. The van der Waals surface area contributed by atoms with E-state index < -0.39 is 15.1 Å². The molecule has 0 amide bonds. The highest BCUT2D eigenvalue weighted by molar-refractivity contribution is 7.59. The number of rotatable bonds is 5. The molecule has 0 saturated carbocycles. The summed E-state index contributed by atoms with van der Waals surface area (Å²) in [5.74, 6) is 0. The van der Waals surface area contributed by atoms with Gasteiger partial charge >= 0.3 is 0 Å². The van der Waals surface area contributed by atoms with Crippen LogP contribution in [0.25, 0.3) is 48.7 Å². The fraction of sp³-hybridized carbons (Fsp3) is 0.0625. The molecule has 2 unspecified atom stereocenters. The summed E-state index contributed by atoms with van der Waals surface area (Å²) in [5, 5.41) is 13.0. The van der Waals surface area contributed by atoms with E-state index in [0.717, 1.165) is 6.42 Å². The number of para-hydroxylation sites is 4. The molecular formula is C48H37N2P2+. The first-order valence-corrected chi connectivity index (χ1v) is 21.5. The van der Waals surface area contributed by atoms with Crippen LogP contribution in [0.15, 0.2) is 170 Å². The molecule has 2 atom stereocenters. The normalized spacial score (nSPS) is 13.0. The van der Waals surface area contributed by atoms with Crippen LogP contribution in [0.3, 0.4) is 0 Å². The van der Waals surface area contributed by atoms with E-state index in [1.165, 1.54) is 87.3 Å². The smallest absolute Gasteiger partial charge is 0.212 e. The van der Waals surface area contributed by atoms with Crippen LogP contribution >= 0.6 is 15.1 Å². The molecule has 248 valence electrons. The summed E-state index contributed by atoms with van der Waals surface area (Å²) in [6.07, 6.45) is 5.84. The van der Waals surface area contributed by atoms with E-state index in [-0.39, 0.29) is 0 Å². The van der Waals surface area contributed by atoms with Crippen LogP contribution in [0.2, 0.25) is 0 Å². The van der Waals surface area contributed by atoms with Gasteiger partial charge in [-0.25, -0.2) is 0 Å². The van der Waals surface area contributed by atoms with Gasteiger partial charge in [-0.1, -0.05) is 91.0 Å². The first-order valence-electron chi connectivity index (χ1n) is 18.0. The SMILES string of the molecule is Cp1c2cc(=[N+](c3ccccc3)c3ccccc3)ccc-2c2cc3c(c4c2c1C=CC4)c1ccc(N(c2ccccc2)c2ccccc2)cc1p3C. The van der Waals surface area contributed by atoms with Crippen molar-refractivity contribution in [2.75, 3.05) is 4.90 Å². The van der Waals surface area contributed by atoms with Gasteiger partial charge in [0.1, 0.15) is 0 Å². The summed E-state index contributed by atoms with van der Waals surface area (Å²) >= 11 is 0. The first kappa shape index (κ1) is 31.1. The van der Waals surface area contributed by atoms with Gasteiger partial charge in [-0.15, -0.1) is 15.1 Å². The largest absolute Gasteiger partial charge is 0.310 e. The summed E-state index contributed by atoms with van der Waals surface area (Å²) in [4.78, 5) is 2.39. The van der Waals surface area contributed by atoms with E-state index in [4.69, 9.17) is 0 Å². The molecule has 7 aromatic rings. The number of hydrogen-bond acceptors (Lipinski definition) is 1. The van der Waals surface area contributed by atoms with Gasteiger partial charge < -0.3 is 4.90 Å². The third-order valence-corrected chi connectivity index (χ3v) is 15.2. The maximum atomic E-state index is 2.58. The minimum atomic E-state index is -0.550. The van der Waals surface area contributed by atoms with Crippen LogP contribution in [-0.4, -0.2) is 0 Å². The number of anilines is 3. The summed E-state index contributed by atoms with van der Waals surface area (Å²) in [6.45, 7) is 4.94. The van der Waals surface area contributed by atoms with Crippen molar-refractivity contribution in [3.05, 3.63) is 186 Å². The molecule has 6 aromatic carbocycles. The molecule has 0 bridgehead atoms. The van der Waals surface area contributed by atoms with Gasteiger partial charge in [0.25, 0.3) is 0 Å². The predicted octanol–water partition coefficient (Wildman–Crippen LogP) is 13.8. The van der Waals surface area contributed by atoms with Crippen LogP contribution in [0, 0.1) is 0 Å². The Bertz CT molecular complexity index is 2790. The standard InChI is InChI=1S/C48H37N2P2/c1-51-43-25-15-24-41-47-40-29-27-38(50(35-20-11-5-12-21-35)36-22-13-6-14-23-36)31-45(40)52(2)46(47)32-42(48(41)43)39-28-26-37(30-44(39)51)49(33-16-7-3-8-17-33)34-18-9-4-10-19-34/h3-23,25-32H,24H2,1-2H3/q+1. The summed E-state index contributed by atoms with van der Waals surface area (Å²) in [5.41, 5.74) is 8.81. The van der Waals surface area contributed by atoms with E-state index in [0.29, 0.717) is 0 Å². The predicted molar refractivity (Wildman–Crippen MR) is 228 cm³/mol. The number of allylic oxidation sites excluding steroid dienone is 1.